The van der Waals surface area contributed by atoms with Crippen LogP contribution in [0, 0.1) is 0 Å². The molecule has 28 heavy (non-hydrogen) atoms. The minimum absolute atomic E-state index is 0.348. The number of unbranched alkanes of at least 4 members (excludes halogenated alkanes) is 6. The maximum Gasteiger partial charge on any atom is 0.326 e. The molecule has 0 radical (unpaired) electrons. The summed E-state index contributed by atoms with van der Waals surface area (Å²) in [6, 6.07) is 9.03. The van der Waals surface area contributed by atoms with E-state index in [4.69, 9.17) is 10.2 Å². The fourth-order valence-electron chi connectivity index (χ4n) is 2.64. The lowest BCUT2D eigenvalue weighted by atomic mass is 10.1. The lowest BCUT2D eigenvalue weighted by Gasteiger charge is -2.15. The van der Waals surface area contributed by atoms with Crippen LogP contribution in [0.2, 0.25) is 0 Å². The topological polar surface area (TPSA) is 86.6 Å². The van der Waals surface area contributed by atoms with Crippen molar-refractivity contribution < 1.29 is 19.8 Å². The summed E-state index contributed by atoms with van der Waals surface area (Å²) in [7, 11) is 0. The summed E-state index contributed by atoms with van der Waals surface area (Å²) in [5.41, 5.74) is 0.871. The molecular formula is C22H36BrNO4. The first kappa shape index (κ1) is 26.4. The van der Waals surface area contributed by atoms with E-state index in [1.54, 1.807) is 0 Å². The first-order valence-corrected chi connectivity index (χ1v) is 11.2. The van der Waals surface area contributed by atoms with E-state index in [-0.39, 0.29) is 4.83 Å². The Morgan fingerprint density at radius 1 is 0.857 bits per heavy atom. The predicted molar refractivity (Wildman–Crippen MR) is 119 cm³/mol. The number of carbonyl (C=O) groups is 2. The molecule has 1 aromatic rings. The molecule has 2 unspecified atom stereocenters. The van der Waals surface area contributed by atoms with Crippen LogP contribution in [0.3, 0.4) is 0 Å². The summed E-state index contributed by atoms with van der Waals surface area (Å²) in [4.78, 5) is 21.1. The van der Waals surface area contributed by atoms with Crippen LogP contribution in [-0.2, 0) is 9.59 Å². The van der Waals surface area contributed by atoms with Crippen LogP contribution in [0.15, 0.2) is 30.3 Å². The van der Waals surface area contributed by atoms with E-state index in [1.807, 2.05) is 30.3 Å². The van der Waals surface area contributed by atoms with Gasteiger partial charge in [-0.05, 0) is 25.0 Å². The second kappa shape index (κ2) is 17.5. The van der Waals surface area contributed by atoms with Crippen LogP contribution >= 0.6 is 15.9 Å². The van der Waals surface area contributed by atoms with Crippen molar-refractivity contribution in [3.05, 3.63) is 30.3 Å². The van der Waals surface area contributed by atoms with Gasteiger partial charge in [0, 0.05) is 5.69 Å². The van der Waals surface area contributed by atoms with Gasteiger partial charge < -0.3 is 15.5 Å². The first-order chi connectivity index (χ1) is 13.4. The fourth-order valence-corrected chi connectivity index (χ4v) is 2.97. The highest BCUT2D eigenvalue weighted by atomic mass is 79.9. The number of carboxylic acid groups (broad SMARTS) is 2. The van der Waals surface area contributed by atoms with Crippen LogP contribution in [0.4, 0.5) is 5.69 Å². The third-order valence-corrected chi connectivity index (χ3v) is 5.19. The fraction of sp³-hybridized carbons (Fsp3) is 0.636. The van der Waals surface area contributed by atoms with Crippen molar-refractivity contribution in [2.24, 2.45) is 0 Å². The van der Waals surface area contributed by atoms with Crippen LogP contribution < -0.4 is 5.32 Å². The van der Waals surface area contributed by atoms with Gasteiger partial charge in [-0.1, -0.05) is 99.3 Å². The molecule has 5 nitrogen and oxygen atoms in total. The molecule has 160 valence electrons. The number of aliphatic carboxylic acids is 2. The highest BCUT2D eigenvalue weighted by molar-refractivity contribution is 9.10. The Morgan fingerprint density at radius 2 is 1.39 bits per heavy atom. The lowest BCUT2D eigenvalue weighted by molar-refractivity contribution is -0.138. The number of benzene rings is 1. The SMILES string of the molecule is CCCCCCC(Br)C(=O)O.CCCCCCC(Nc1ccccc1)C(=O)O. The van der Waals surface area contributed by atoms with Crippen LogP contribution in [0.1, 0.15) is 78.1 Å². The first-order valence-electron chi connectivity index (χ1n) is 10.3. The Bertz CT molecular complexity index is 525. The van der Waals surface area contributed by atoms with Crippen LogP contribution in [0.25, 0.3) is 0 Å². The van der Waals surface area contributed by atoms with E-state index in [0.29, 0.717) is 6.42 Å². The molecule has 1 rings (SSSR count). The van der Waals surface area contributed by atoms with Crippen molar-refractivity contribution in [1.29, 1.82) is 0 Å². The lowest BCUT2D eigenvalue weighted by Crippen LogP contribution is -2.29. The minimum atomic E-state index is -0.773. The molecule has 3 N–H and O–H groups in total. The quantitative estimate of drug-likeness (QED) is 0.224. The van der Waals surface area contributed by atoms with Crippen molar-refractivity contribution in [3.63, 3.8) is 0 Å². The number of hydrogen-bond donors (Lipinski definition) is 3. The molecule has 0 aliphatic rings. The molecule has 0 saturated heterocycles. The van der Waals surface area contributed by atoms with E-state index < -0.39 is 18.0 Å². The summed E-state index contributed by atoms with van der Waals surface area (Å²) in [5, 5.41) is 20.7. The number of nitrogens with one attached hydrogen (secondary N) is 1. The highest BCUT2D eigenvalue weighted by Crippen LogP contribution is 2.13. The third-order valence-electron chi connectivity index (χ3n) is 4.34. The number of anilines is 1. The van der Waals surface area contributed by atoms with Crippen molar-refractivity contribution in [2.45, 2.75) is 88.9 Å². The van der Waals surface area contributed by atoms with E-state index in [9.17, 15) is 9.59 Å². The van der Waals surface area contributed by atoms with Gasteiger partial charge in [0.2, 0.25) is 0 Å². The Morgan fingerprint density at radius 3 is 1.86 bits per heavy atom. The van der Waals surface area contributed by atoms with Gasteiger partial charge in [0.1, 0.15) is 10.9 Å². The van der Waals surface area contributed by atoms with Gasteiger partial charge in [-0.15, -0.1) is 0 Å². The van der Waals surface area contributed by atoms with Gasteiger partial charge >= 0.3 is 11.9 Å². The Balaban J connectivity index is 0.000000576. The monoisotopic (exact) mass is 457 g/mol. The van der Waals surface area contributed by atoms with Gasteiger partial charge in [0.05, 0.1) is 0 Å². The Labute approximate surface area is 178 Å². The molecule has 1 aromatic carbocycles. The van der Waals surface area contributed by atoms with Crippen LogP contribution in [0.5, 0.6) is 0 Å². The Kier molecular flexibility index (Phi) is 16.6. The maximum atomic E-state index is 11.1. The molecule has 0 amide bonds. The van der Waals surface area contributed by atoms with E-state index in [1.165, 1.54) is 25.7 Å². The van der Waals surface area contributed by atoms with E-state index in [0.717, 1.165) is 37.8 Å². The normalized spacial score (nSPS) is 12.4. The van der Waals surface area contributed by atoms with Gasteiger partial charge in [-0.25, -0.2) is 4.79 Å². The largest absolute Gasteiger partial charge is 0.480 e. The molecule has 0 aromatic heterocycles. The standard InChI is InChI=1S/C14H21NO2.C8H15BrO2/c1-2-3-4-8-11-13(14(16)17)15-12-9-6-5-7-10-12;1-2-3-4-5-6-7(9)8(10)11/h5-7,9-10,13,15H,2-4,8,11H2,1H3,(H,16,17);7H,2-6H2,1H3,(H,10,11). The summed E-state index contributed by atoms with van der Waals surface area (Å²) in [6.45, 7) is 4.29. The number of halogens is 1. The molecular weight excluding hydrogens is 422 g/mol. The number of hydrogen-bond acceptors (Lipinski definition) is 3. The van der Waals surface area contributed by atoms with Gasteiger partial charge in [0.25, 0.3) is 0 Å². The molecule has 6 heteroatoms. The smallest absolute Gasteiger partial charge is 0.326 e. The molecule has 0 aliphatic heterocycles. The second-order valence-electron chi connectivity index (χ2n) is 6.91. The van der Waals surface area contributed by atoms with Crippen molar-refractivity contribution in [3.8, 4) is 0 Å². The van der Waals surface area contributed by atoms with Crippen molar-refractivity contribution in [2.75, 3.05) is 5.32 Å². The predicted octanol–water partition coefficient (Wildman–Crippen LogP) is 6.33. The number of carboxylic acids is 2. The minimum Gasteiger partial charge on any atom is -0.480 e. The summed E-state index contributed by atoms with van der Waals surface area (Å²) >= 11 is 3.09. The summed E-state index contributed by atoms with van der Waals surface area (Å²) < 4.78 is 0. The summed E-state index contributed by atoms with van der Waals surface area (Å²) in [6.07, 6.45) is 10.4. The molecule has 0 heterocycles. The third kappa shape index (κ3) is 14.5. The molecule has 2 atom stereocenters. The number of rotatable bonds is 14. The molecule has 0 bridgehead atoms. The Hall–Kier alpha value is -1.56. The zero-order valence-electron chi connectivity index (χ0n) is 17.2. The maximum absolute atomic E-state index is 11.1. The van der Waals surface area contributed by atoms with Gasteiger partial charge in [-0.3, -0.25) is 4.79 Å². The van der Waals surface area contributed by atoms with Crippen LogP contribution in [-0.4, -0.2) is 33.0 Å². The molecule has 0 aliphatic carbocycles. The average Bonchev–Trinajstić information content (AvgIpc) is 2.68. The number of para-hydroxylation sites is 1. The molecule has 0 spiro atoms. The van der Waals surface area contributed by atoms with E-state index in [2.05, 4.69) is 35.1 Å². The van der Waals surface area contributed by atoms with Crippen molar-refractivity contribution in [1.82, 2.24) is 0 Å². The van der Waals surface area contributed by atoms with Gasteiger partial charge in [-0.2, -0.15) is 0 Å². The van der Waals surface area contributed by atoms with Crippen molar-refractivity contribution >= 4 is 33.6 Å². The van der Waals surface area contributed by atoms with Gasteiger partial charge in [0.15, 0.2) is 0 Å². The zero-order chi connectivity index (χ0) is 21.2. The van der Waals surface area contributed by atoms with E-state index >= 15 is 0 Å². The zero-order valence-corrected chi connectivity index (χ0v) is 18.8. The molecule has 0 fully saturated rings. The average molecular weight is 458 g/mol. The highest BCUT2D eigenvalue weighted by Gasteiger charge is 2.16. The molecule has 0 saturated carbocycles. The second-order valence-corrected chi connectivity index (χ2v) is 8.01. The summed E-state index contributed by atoms with van der Waals surface area (Å²) in [5.74, 6) is -1.52. The number of alkyl halides is 1.